The number of fused-ring (bicyclic) bond motifs is 5. The first kappa shape index (κ1) is 18.1. The van der Waals surface area contributed by atoms with E-state index in [2.05, 4.69) is 17.0 Å². The van der Waals surface area contributed by atoms with Crippen LogP contribution in [0.4, 0.5) is 0 Å². The van der Waals surface area contributed by atoms with Crippen molar-refractivity contribution in [2.24, 2.45) is 0 Å². The molecule has 5 rings (SSSR count). The van der Waals surface area contributed by atoms with Gasteiger partial charge in [0.15, 0.2) is 23.0 Å². The second-order valence-electron chi connectivity index (χ2n) is 7.69. The number of nitrogens with zero attached hydrogens (tertiary/aromatic N) is 1. The molecule has 0 fully saturated rings. The molecule has 0 spiro atoms. The van der Waals surface area contributed by atoms with Crippen LogP contribution in [-0.4, -0.2) is 43.0 Å². The molecular formula is C22H23NO6. The molecule has 0 aliphatic carbocycles. The molecule has 3 heterocycles. The highest BCUT2D eigenvalue weighted by Crippen LogP contribution is 2.48. The molecule has 7 heteroatoms. The highest BCUT2D eigenvalue weighted by atomic mass is 16.7. The van der Waals surface area contributed by atoms with Gasteiger partial charge in [0, 0.05) is 24.2 Å². The molecule has 0 aromatic heterocycles. The van der Waals surface area contributed by atoms with Gasteiger partial charge in [0.1, 0.15) is 0 Å². The Bertz CT molecular complexity index is 988. The maximum absolute atomic E-state index is 11.6. The van der Waals surface area contributed by atoms with Crippen molar-refractivity contribution in [1.82, 2.24) is 4.90 Å². The summed E-state index contributed by atoms with van der Waals surface area (Å²) in [5, 5.41) is 9.52. The van der Waals surface area contributed by atoms with Crippen molar-refractivity contribution in [2.45, 2.75) is 37.9 Å². The molecule has 0 bridgehead atoms. The Kier molecular flexibility index (Phi) is 4.28. The first-order valence-electron chi connectivity index (χ1n) is 9.71. The SMILES string of the molecule is COc1ccc2c(c1OC)CN1C(CC(=O)O)Cc3cc4c(cc3C1C2)OCO4. The molecule has 2 unspecified atom stereocenters. The average molecular weight is 397 g/mol. The highest BCUT2D eigenvalue weighted by molar-refractivity contribution is 5.68. The van der Waals surface area contributed by atoms with Crippen LogP contribution in [-0.2, 0) is 24.2 Å². The normalized spacial score (nSPS) is 21.7. The Morgan fingerprint density at radius 2 is 1.93 bits per heavy atom. The minimum absolute atomic E-state index is 0.0863. The second kappa shape index (κ2) is 6.84. The summed E-state index contributed by atoms with van der Waals surface area (Å²) in [6, 6.07) is 8.09. The third kappa shape index (κ3) is 2.88. The van der Waals surface area contributed by atoms with Gasteiger partial charge in [0.25, 0.3) is 0 Å². The lowest BCUT2D eigenvalue weighted by molar-refractivity contribution is -0.139. The lowest BCUT2D eigenvalue weighted by Gasteiger charge is -2.46. The monoisotopic (exact) mass is 397 g/mol. The molecule has 3 aliphatic rings. The molecule has 1 N–H and O–H groups in total. The quantitative estimate of drug-likeness (QED) is 0.850. The molecule has 2 aromatic carbocycles. The third-order valence-corrected chi connectivity index (χ3v) is 6.23. The van der Waals surface area contributed by atoms with Crippen molar-refractivity contribution in [2.75, 3.05) is 21.0 Å². The summed E-state index contributed by atoms with van der Waals surface area (Å²) in [5.74, 6) is 2.14. The smallest absolute Gasteiger partial charge is 0.304 e. The maximum Gasteiger partial charge on any atom is 0.304 e. The first-order valence-corrected chi connectivity index (χ1v) is 9.71. The largest absolute Gasteiger partial charge is 0.493 e. The molecule has 0 amide bonds. The van der Waals surface area contributed by atoms with Crippen LogP contribution in [0.5, 0.6) is 23.0 Å². The maximum atomic E-state index is 11.6. The molecule has 0 saturated heterocycles. The third-order valence-electron chi connectivity index (χ3n) is 6.23. The number of carbonyl (C=O) groups is 1. The highest BCUT2D eigenvalue weighted by Gasteiger charge is 2.40. The lowest BCUT2D eigenvalue weighted by Crippen LogP contribution is -2.47. The van der Waals surface area contributed by atoms with Gasteiger partial charge < -0.3 is 24.1 Å². The van der Waals surface area contributed by atoms with E-state index in [4.69, 9.17) is 18.9 Å². The van der Waals surface area contributed by atoms with Crippen molar-refractivity contribution in [3.8, 4) is 23.0 Å². The molecule has 0 saturated carbocycles. The molecule has 0 radical (unpaired) electrons. The number of benzene rings is 2. The summed E-state index contributed by atoms with van der Waals surface area (Å²) >= 11 is 0. The fourth-order valence-electron chi connectivity index (χ4n) is 4.94. The fourth-order valence-corrected chi connectivity index (χ4v) is 4.94. The summed E-state index contributed by atoms with van der Waals surface area (Å²) in [5.41, 5.74) is 4.60. The summed E-state index contributed by atoms with van der Waals surface area (Å²) in [7, 11) is 3.27. The van der Waals surface area contributed by atoms with Gasteiger partial charge in [-0.05, 0) is 47.7 Å². The van der Waals surface area contributed by atoms with Crippen molar-refractivity contribution in [3.63, 3.8) is 0 Å². The second-order valence-corrected chi connectivity index (χ2v) is 7.69. The number of aliphatic carboxylic acids is 1. The van der Waals surface area contributed by atoms with Crippen LogP contribution in [0.3, 0.4) is 0 Å². The zero-order valence-corrected chi connectivity index (χ0v) is 16.4. The number of carboxylic acid groups (broad SMARTS) is 1. The van der Waals surface area contributed by atoms with Gasteiger partial charge >= 0.3 is 5.97 Å². The van der Waals surface area contributed by atoms with E-state index in [0.717, 1.165) is 34.8 Å². The van der Waals surface area contributed by atoms with E-state index >= 15 is 0 Å². The van der Waals surface area contributed by atoms with Gasteiger partial charge in [0.2, 0.25) is 6.79 Å². The van der Waals surface area contributed by atoms with Crippen LogP contribution in [0.1, 0.15) is 34.7 Å². The Balaban J connectivity index is 1.62. The topological polar surface area (TPSA) is 77.5 Å². The number of methoxy groups -OCH3 is 2. The van der Waals surface area contributed by atoms with E-state index in [-0.39, 0.29) is 25.3 Å². The predicted octanol–water partition coefficient (Wildman–Crippen LogP) is 2.93. The van der Waals surface area contributed by atoms with E-state index in [1.807, 2.05) is 12.1 Å². The minimum Gasteiger partial charge on any atom is -0.493 e. The molecule has 29 heavy (non-hydrogen) atoms. The Morgan fingerprint density at radius 3 is 2.66 bits per heavy atom. The molecule has 2 atom stereocenters. The van der Waals surface area contributed by atoms with Crippen LogP contribution in [0, 0.1) is 0 Å². The van der Waals surface area contributed by atoms with E-state index in [1.54, 1.807) is 14.2 Å². The number of hydrogen-bond acceptors (Lipinski definition) is 6. The van der Waals surface area contributed by atoms with Crippen LogP contribution in [0.15, 0.2) is 24.3 Å². The van der Waals surface area contributed by atoms with Gasteiger partial charge in [0.05, 0.1) is 20.6 Å². The van der Waals surface area contributed by atoms with Crippen LogP contribution < -0.4 is 18.9 Å². The van der Waals surface area contributed by atoms with Crippen molar-refractivity contribution in [3.05, 3.63) is 46.5 Å². The Hall–Kier alpha value is -2.93. The predicted molar refractivity (Wildman–Crippen MR) is 104 cm³/mol. The number of hydrogen-bond donors (Lipinski definition) is 1. The van der Waals surface area contributed by atoms with Gasteiger partial charge in [-0.25, -0.2) is 0 Å². The number of rotatable bonds is 4. The van der Waals surface area contributed by atoms with Crippen LogP contribution in [0.25, 0.3) is 0 Å². The molecule has 7 nitrogen and oxygen atoms in total. The number of ether oxygens (including phenoxy) is 4. The van der Waals surface area contributed by atoms with Crippen LogP contribution in [0.2, 0.25) is 0 Å². The van der Waals surface area contributed by atoms with Crippen molar-refractivity contribution < 1.29 is 28.8 Å². The fraction of sp³-hybridized carbons (Fsp3) is 0.409. The zero-order chi connectivity index (χ0) is 20.1. The van der Waals surface area contributed by atoms with Crippen molar-refractivity contribution >= 4 is 5.97 Å². The van der Waals surface area contributed by atoms with Gasteiger partial charge in [-0.15, -0.1) is 0 Å². The summed E-state index contributed by atoms with van der Waals surface area (Å²) in [6.07, 6.45) is 1.53. The van der Waals surface area contributed by atoms with Gasteiger partial charge in [-0.3, -0.25) is 9.69 Å². The first-order chi connectivity index (χ1) is 14.1. The van der Waals surface area contributed by atoms with E-state index in [0.29, 0.717) is 18.7 Å². The van der Waals surface area contributed by atoms with E-state index in [9.17, 15) is 9.90 Å². The zero-order valence-electron chi connectivity index (χ0n) is 16.4. The lowest BCUT2D eigenvalue weighted by atomic mass is 9.80. The van der Waals surface area contributed by atoms with E-state index in [1.165, 1.54) is 11.1 Å². The average Bonchev–Trinajstić information content (AvgIpc) is 3.17. The van der Waals surface area contributed by atoms with E-state index < -0.39 is 5.97 Å². The molecular weight excluding hydrogens is 374 g/mol. The van der Waals surface area contributed by atoms with Crippen LogP contribution >= 0.6 is 0 Å². The van der Waals surface area contributed by atoms with Gasteiger partial charge in [-0.2, -0.15) is 0 Å². The molecule has 3 aliphatic heterocycles. The molecule has 152 valence electrons. The Labute approximate surface area is 168 Å². The Morgan fingerprint density at radius 1 is 1.14 bits per heavy atom. The van der Waals surface area contributed by atoms with Gasteiger partial charge in [-0.1, -0.05) is 6.07 Å². The minimum atomic E-state index is -0.790. The van der Waals surface area contributed by atoms with Crippen molar-refractivity contribution in [1.29, 1.82) is 0 Å². The standard InChI is InChI=1S/C22H23NO6/c1-26-18-4-3-12-6-17-15-9-20-19(28-11-29-20)7-13(15)5-14(8-21(24)25)23(17)10-16(12)22(18)27-2/h3-4,7,9,14,17H,5-6,8,10-11H2,1-2H3,(H,24,25). The summed E-state index contributed by atoms with van der Waals surface area (Å²) < 4.78 is 22.3. The summed E-state index contributed by atoms with van der Waals surface area (Å²) in [6.45, 7) is 0.844. The summed E-state index contributed by atoms with van der Waals surface area (Å²) in [4.78, 5) is 13.9. The number of carboxylic acids is 1. The molecule has 2 aromatic rings.